The molecule has 1 aliphatic carbocycles. The van der Waals surface area contributed by atoms with E-state index in [2.05, 4.69) is 10.6 Å². The van der Waals surface area contributed by atoms with Crippen LogP contribution < -0.4 is 20.8 Å². The van der Waals surface area contributed by atoms with Gasteiger partial charge in [0.2, 0.25) is 0 Å². The lowest BCUT2D eigenvalue weighted by molar-refractivity contribution is -0.153. The molecule has 0 radical (unpaired) electrons. The van der Waals surface area contributed by atoms with Crippen molar-refractivity contribution in [3.63, 3.8) is 0 Å². The molecule has 0 amide bonds. The van der Waals surface area contributed by atoms with Crippen LogP contribution in [0.25, 0.3) is 0 Å². The first-order valence-electron chi connectivity index (χ1n) is 10.5. The Hall–Kier alpha value is -1.61. The average molecular weight is 406 g/mol. The van der Waals surface area contributed by atoms with Crippen molar-refractivity contribution < 1.29 is 24.3 Å². The van der Waals surface area contributed by atoms with Crippen molar-refractivity contribution in [2.75, 3.05) is 13.2 Å². The monoisotopic (exact) mass is 406 g/mol. The van der Waals surface area contributed by atoms with E-state index < -0.39 is 12.7 Å². The molecule has 8 heteroatoms. The van der Waals surface area contributed by atoms with Crippen molar-refractivity contribution in [2.45, 2.75) is 77.6 Å². The lowest BCUT2D eigenvalue weighted by atomic mass is 9.79. The van der Waals surface area contributed by atoms with E-state index in [-0.39, 0.29) is 12.5 Å². The number of hydrogen-bond donors (Lipinski definition) is 4. The Morgan fingerprint density at radius 3 is 2.31 bits per heavy atom. The van der Waals surface area contributed by atoms with Crippen LogP contribution in [0.4, 0.5) is 0 Å². The number of rotatable bonds is 9. The lowest BCUT2D eigenvalue weighted by Gasteiger charge is -2.30. The van der Waals surface area contributed by atoms with Gasteiger partial charge in [-0.15, -0.1) is 0 Å². The minimum atomic E-state index is -1.49. The van der Waals surface area contributed by atoms with Gasteiger partial charge in [0.1, 0.15) is 11.4 Å². The second-order valence-corrected chi connectivity index (χ2v) is 8.57. The van der Waals surface area contributed by atoms with E-state index in [1.807, 2.05) is 27.7 Å². The smallest absolute Gasteiger partial charge is 0.488 e. The van der Waals surface area contributed by atoms with Gasteiger partial charge in [-0.05, 0) is 64.9 Å². The molecule has 162 valence electrons. The van der Waals surface area contributed by atoms with Gasteiger partial charge < -0.3 is 30.2 Å². The first kappa shape index (κ1) is 23.7. The number of esters is 1. The molecular weight excluding hydrogens is 371 g/mol. The van der Waals surface area contributed by atoms with Gasteiger partial charge in [-0.1, -0.05) is 12.1 Å². The molecule has 29 heavy (non-hydrogen) atoms. The van der Waals surface area contributed by atoms with Crippen LogP contribution in [0.5, 0.6) is 5.75 Å². The van der Waals surface area contributed by atoms with Gasteiger partial charge in [-0.3, -0.25) is 4.79 Å². The number of carbonyl (C=O) groups is 1. The zero-order valence-electron chi connectivity index (χ0n) is 18.0. The van der Waals surface area contributed by atoms with Crippen LogP contribution in [0.2, 0.25) is 0 Å². The summed E-state index contributed by atoms with van der Waals surface area (Å²) in [6.07, 6.45) is 4.01. The molecule has 0 heterocycles. The minimum absolute atomic E-state index is 0.216. The fraction of sp³-hybridized carbons (Fsp3) is 0.667. The van der Waals surface area contributed by atoms with E-state index in [0.29, 0.717) is 30.7 Å². The van der Waals surface area contributed by atoms with E-state index >= 15 is 0 Å². The summed E-state index contributed by atoms with van der Waals surface area (Å²) >= 11 is 0. The first-order chi connectivity index (χ1) is 13.7. The van der Waals surface area contributed by atoms with E-state index in [1.54, 1.807) is 18.2 Å². The van der Waals surface area contributed by atoms with Gasteiger partial charge in [0.25, 0.3) is 0 Å². The minimum Gasteiger partial charge on any atom is -0.494 e. The van der Waals surface area contributed by atoms with Gasteiger partial charge in [-0.25, -0.2) is 0 Å². The molecule has 2 rings (SSSR count). The summed E-state index contributed by atoms with van der Waals surface area (Å²) < 4.78 is 11.0. The Morgan fingerprint density at radius 1 is 1.14 bits per heavy atom. The SMILES string of the molecule is CCOc1ccc(B(O)O)cc1CNC1CCC(NCC(=O)OC(C)(C)C)CC1. The number of benzene rings is 1. The van der Waals surface area contributed by atoms with Crippen molar-refractivity contribution in [1.82, 2.24) is 10.6 Å². The fourth-order valence-electron chi connectivity index (χ4n) is 3.56. The standard InChI is InChI=1S/C21H35BN2O5/c1-5-28-19-11-6-16(22(26)27)12-15(19)13-23-17-7-9-18(10-8-17)24-14-20(25)29-21(2,3)4/h6,11-12,17-18,23-24,26-27H,5,7-10,13-14H2,1-4H3. The van der Waals surface area contributed by atoms with Crippen LogP contribution in [0.1, 0.15) is 58.9 Å². The summed E-state index contributed by atoms with van der Waals surface area (Å²) in [5, 5.41) is 25.7. The van der Waals surface area contributed by atoms with E-state index in [1.165, 1.54) is 0 Å². The molecule has 7 nitrogen and oxygen atoms in total. The second-order valence-electron chi connectivity index (χ2n) is 8.57. The van der Waals surface area contributed by atoms with Gasteiger partial charge in [0, 0.05) is 24.2 Å². The third kappa shape index (κ3) is 8.34. The summed E-state index contributed by atoms with van der Waals surface area (Å²) in [6, 6.07) is 5.93. The number of nitrogens with one attached hydrogen (secondary N) is 2. The fourth-order valence-corrected chi connectivity index (χ4v) is 3.56. The molecule has 1 fully saturated rings. The Bertz CT molecular complexity index is 655. The van der Waals surface area contributed by atoms with Crippen LogP contribution in [0.3, 0.4) is 0 Å². The molecule has 1 saturated carbocycles. The van der Waals surface area contributed by atoms with E-state index in [0.717, 1.165) is 37.0 Å². The molecule has 0 bridgehead atoms. The summed E-state index contributed by atoms with van der Waals surface area (Å²) in [7, 11) is -1.49. The van der Waals surface area contributed by atoms with Gasteiger partial charge >= 0.3 is 13.1 Å². The maximum atomic E-state index is 11.8. The van der Waals surface area contributed by atoms with Crippen LogP contribution >= 0.6 is 0 Å². The maximum absolute atomic E-state index is 11.8. The van der Waals surface area contributed by atoms with E-state index in [9.17, 15) is 14.8 Å². The topological polar surface area (TPSA) is 100 Å². The Kier molecular flexibility index (Phi) is 8.95. The third-order valence-corrected chi connectivity index (χ3v) is 4.95. The highest BCUT2D eigenvalue weighted by Crippen LogP contribution is 2.21. The average Bonchev–Trinajstić information content (AvgIpc) is 2.65. The molecular formula is C21H35BN2O5. The molecule has 4 N–H and O–H groups in total. The summed E-state index contributed by atoms with van der Waals surface area (Å²) in [5.41, 5.74) is 0.923. The quantitative estimate of drug-likeness (QED) is 0.360. The maximum Gasteiger partial charge on any atom is 0.488 e. The van der Waals surface area contributed by atoms with Crippen molar-refractivity contribution in [3.05, 3.63) is 23.8 Å². The highest BCUT2D eigenvalue weighted by molar-refractivity contribution is 6.58. The van der Waals surface area contributed by atoms with Crippen molar-refractivity contribution in [3.8, 4) is 5.75 Å². The Labute approximate surface area is 174 Å². The summed E-state index contributed by atoms with van der Waals surface area (Å²) in [5.74, 6) is 0.546. The number of hydrogen-bond acceptors (Lipinski definition) is 7. The largest absolute Gasteiger partial charge is 0.494 e. The molecule has 1 aromatic rings. The number of carbonyl (C=O) groups excluding carboxylic acids is 1. The predicted molar refractivity (Wildman–Crippen MR) is 114 cm³/mol. The van der Waals surface area contributed by atoms with Gasteiger partial charge in [0.05, 0.1) is 13.2 Å². The second kappa shape index (κ2) is 11.0. The molecule has 0 unspecified atom stereocenters. The molecule has 0 spiro atoms. The van der Waals surface area contributed by atoms with Crippen LogP contribution in [-0.2, 0) is 16.1 Å². The van der Waals surface area contributed by atoms with E-state index in [4.69, 9.17) is 9.47 Å². The molecule has 0 aromatic heterocycles. The summed E-state index contributed by atoms with van der Waals surface area (Å²) in [6.45, 7) is 8.95. The van der Waals surface area contributed by atoms with Crippen LogP contribution in [0.15, 0.2) is 18.2 Å². The zero-order valence-corrected chi connectivity index (χ0v) is 18.0. The summed E-state index contributed by atoms with van der Waals surface area (Å²) in [4.78, 5) is 11.8. The highest BCUT2D eigenvalue weighted by Gasteiger charge is 2.23. The lowest BCUT2D eigenvalue weighted by Crippen LogP contribution is -2.42. The molecule has 0 aliphatic heterocycles. The van der Waals surface area contributed by atoms with Gasteiger partial charge in [-0.2, -0.15) is 0 Å². The first-order valence-corrected chi connectivity index (χ1v) is 10.5. The predicted octanol–water partition coefficient (Wildman–Crippen LogP) is 1.10. The van der Waals surface area contributed by atoms with Crippen LogP contribution in [-0.4, -0.2) is 54.0 Å². The molecule has 1 aromatic carbocycles. The highest BCUT2D eigenvalue weighted by atomic mass is 16.6. The van der Waals surface area contributed by atoms with Crippen LogP contribution in [0, 0.1) is 0 Å². The zero-order chi connectivity index (χ0) is 21.4. The van der Waals surface area contributed by atoms with Gasteiger partial charge in [0.15, 0.2) is 0 Å². The Morgan fingerprint density at radius 2 is 1.76 bits per heavy atom. The van der Waals surface area contributed by atoms with Crippen molar-refractivity contribution in [1.29, 1.82) is 0 Å². The normalized spacial score (nSPS) is 19.7. The Balaban J connectivity index is 1.78. The number of ether oxygens (including phenoxy) is 2. The third-order valence-electron chi connectivity index (χ3n) is 4.95. The van der Waals surface area contributed by atoms with Crippen molar-refractivity contribution in [2.24, 2.45) is 0 Å². The molecule has 1 aliphatic rings. The van der Waals surface area contributed by atoms with Crippen molar-refractivity contribution >= 4 is 18.6 Å². The molecule has 0 saturated heterocycles. The molecule has 0 atom stereocenters.